The second-order valence-corrected chi connectivity index (χ2v) is 6.42. The molecule has 0 saturated carbocycles. The quantitative estimate of drug-likeness (QED) is 0.712. The van der Waals surface area contributed by atoms with Crippen molar-refractivity contribution < 1.29 is 14.3 Å². The lowest BCUT2D eigenvalue weighted by Gasteiger charge is -2.17. The largest absolute Gasteiger partial charge is 0.493 e. The number of hydrogen-bond donors (Lipinski definition) is 0. The summed E-state index contributed by atoms with van der Waals surface area (Å²) in [5.74, 6) is 1.18. The monoisotopic (exact) mass is 360 g/mol. The van der Waals surface area contributed by atoms with Crippen LogP contribution in [0.2, 0.25) is 0 Å². The number of rotatable bonds is 4. The molecule has 0 N–H and O–H groups in total. The maximum Gasteiger partial charge on any atom is 0.247 e. The summed E-state index contributed by atoms with van der Waals surface area (Å²) < 4.78 is 10.7. The Morgan fingerprint density at radius 1 is 1.00 bits per heavy atom. The Labute approximate surface area is 157 Å². The summed E-state index contributed by atoms with van der Waals surface area (Å²) in [6.07, 6.45) is 1.98. The van der Waals surface area contributed by atoms with E-state index in [0.29, 0.717) is 18.0 Å². The Bertz CT molecular complexity index is 1040. The van der Waals surface area contributed by atoms with Crippen LogP contribution in [0.5, 0.6) is 11.5 Å². The molecule has 1 aliphatic heterocycles. The summed E-state index contributed by atoms with van der Waals surface area (Å²) in [5.41, 5.74) is 2.81. The number of ether oxygens (including phenoxy) is 2. The van der Waals surface area contributed by atoms with Crippen LogP contribution >= 0.6 is 0 Å². The Hall–Kier alpha value is -3.34. The van der Waals surface area contributed by atoms with Crippen LogP contribution in [0.15, 0.2) is 59.7 Å². The number of fused-ring (bicyclic) bond motifs is 2. The number of hydrogen-bond acceptors (Lipinski definition) is 4. The highest BCUT2D eigenvalue weighted by molar-refractivity contribution is 5.91. The molecule has 3 aromatic rings. The van der Waals surface area contributed by atoms with Crippen LogP contribution in [0, 0.1) is 0 Å². The van der Waals surface area contributed by atoms with Gasteiger partial charge in [0.05, 0.1) is 33.4 Å². The lowest BCUT2D eigenvalue weighted by Crippen LogP contribution is -2.26. The van der Waals surface area contributed by atoms with Gasteiger partial charge in [0.1, 0.15) is 0 Å². The minimum Gasteiger partial charge on any atom is -0.493 e. The van der Waals surface area contributed by atoms with Crippen molar-refractivity contribution in [3.05, 3.63) is 71.3 Å². The highest BCUT2D eigenvalue weighted by Gasteiger charge is 2.21. The molecule has 3 aromatic carbocycles. The molecule has 5 heteroatoms. The van der Waals surface area contributed by atoms with Gasteiger partial charge < -0.3 is 9.47 Å². The van der Waals surface area contributed by atoms with Gasteiger partial charge in [0.25, 0.3) is 0 Å². The molecule has 136 valence electrons. The van der Waals surface area contributed by atoms with E-state index in [9.17, 15) is 4.79 Å². The van der Waals surface area contributed by atoms with Crippen molar-refractivity contribution in [3.8, 4) is 11.5 Å². The van der Waals surface area contributed by atoms with E-state index in [4.69, 9.17) is 9.47 Å². The number of methoxy groups -OCH3 is 2. The molecule has 0 aromatic heterocycles. The first kappa shape index (κ1) is 17.1. The van der Waals surface area contributed by atoms with E-state index in [0.717, 1.165) is 27.5 Å². The molecule has 1 heterocycles. The smallest absolute Gasteiger partial charge is 0.247 e. The number of amides is 1. The van der Waals surface area contributed by atoms with Crippen molar-refractivity contribution in [3.63, 3.8) is 0 Å². The van der Waals surface area contributed by atoms with E-state index < -0.39 is 0 Å². The SMILES string of the molecule is COc1cc2c(cc1OC)CC(=O)N(Cc1cccc3ccccc13)N=C2. The Morgan fingerprint density at radius 2 is 1.74 bits per heavy atom. The summed E-state index contributed by atoms with van der Waals surface area (Å²) >= 11 is 0. The lowest BCUT2D eigenvalue weighted by molar-refractivity contribution is -0.131. The maximum absolute atomic E-state index is 12.8. The molecule has 0 bridgehead atoms. The van der Waals surface area contributed by atoms with Crippen LogP contribution < -0.4 is 9.47 Å². The fourth-order valence-electron chi connectivity index (χ4n) is 3.38. The molecule has 27 heavy (non-hydrogen) atoms. The molecule has 4 rings (SSSR count). The molecule has 0 spiro atoms. The van der Waals surface area contributed by atoms with Gasteiger partial charge in [-0.25, -0.2) is 5.01 Å². The van der Waals surface area contributed by atoms with Gasteiger partial charge in [-0.05, 0) is 34.0 Å². The molecular weight excluding hydrogens is 340 g/mol. The predicted molar refractivity (Wildman–Crippen MR) is 105 cm³/mol. The van der Waals surface area contributed by atoms with Crippen LogP contribution in [0.3, 0.4) is 0 Å². The van der Waals surface area contributed by atoms with Gasteiger partial charge in [-0.1, -0.05) is 42.5 Å². The average molecular weight is 360 g/mol. The van der Waals surface area contributed by atoms with Crippen LogP contribution in [0.4, 0.5) is 0 Å². The fourth-order valence-corrected chi connectivity index (χ4v) is 3.38. The Kier molecular flexibility index (Phi) is 4.50. The molecule has 0 aliphatic carbocycles. The third-order valence-electron chi connectivity index (χ3n) is 4.81. The zero-order valence-corrected chi connectivity index (χ0v) is 15.3. The van der Waals surface area contributed by atoms with Crippen LogP contribution in [0.25, 0.3) is 10.8 Å². The van der Waals surface area contributed by atoms with E-state index in [1.165, 1.54) is 5.01 Å². The van der Waals surface area contributed by atoms with E-state index in [2.05, 4.69) is 23.3 Å². The minimum atomic E-state index is -0.0508. The highest BCUT2D eigenvalue weighted by atomic mass is 16.5. The molecular formula is C22H20N2O3. The Morgan fingerprint density at radius 3 is 2.56 bits per heavy atom. The van der Waals surface area contributed by atoms with Gasteiger partial charge in [-0.15, -0.1) is 0 Å². The Balaban J connectivity index is 1.67. The third-order valence-corrected chi connectivity index (χ3v) is 4.81. The molecule has 0 radical (unpaired) electrons. The van der Waals surface area contributed by atoms with Gasteiger partial charge >= 0.3 is 0 Å². The van der Waals surface area contributed by atoms with Crippen LogP contribution in [-0.2, 0) is 17.8 Å². The highest BCUT2D eigenvalue weighted by Crippen LogP contribution is 2.31. The number of carbonyl (C=O) groups excluding carboxylic acids is 1. The summed E-state index contributed by atoms with van der Waals surface area (Å²) in [7, 11) is 3.18. The zero-order valence-electron chi connectivity index (χ0n) is 15.3. The average Bonchev–Trinajstić information content (AvgIpc) is 2.85. The molecule has 0 atom stereocenters. The molecule has 0 unspecified atom stereocenters. The van der Waals surface area contributed by atoms with Crippen molar-refractivity contribution in [1.29, 1.82) is 0 Å². The van der Waals surface area contributed by atoms with Crippen molar-refractivity contribution in [2.24, 2.45) is 5.10 Å². The van der Waals surface area contributed by atoms with Gasteiger partial charge in [-0.2, -0.15) is 5.10 Å². The first-order chi connectivity index (χ1) is 13.2. The topological polar surface area (TPSA) is 51.1 Å². The second kappa shape index (κ2) is 7.11. The van der Waals surface area contributed by atoms with Gasteiger partial charge in [0, 0.05) is 5.56 Å². The standard InChI is InChI=1S/C22H20N2O3/c1-26-20-10-17-12-22(25)24(23-13-18(17)11-21(20)27-2)14-16-8-5-7-15-6-3-4-9-19(15)16/h3-11,13H,12,14H2,1-2H3. The first-order valence-electron chi connectivity index (χ1n) is 8.75. The fraction of sp³-hybridized carbons (Fsp3) is 0.182. The number of nitrogens with zero attached hydrogens (tertiary/aromatic N) is 2. The summed E-state index contributed by atoms with van der Waals surface area (Å²) in [5, 5.41) is 8.25. The molecule has 0 fully saturated rings. The molecule has 1 aliphatic rings. The normalized spacial score (nSPS) is 13.4. The van der Waals surface area contributed by atoms with Gasteiger partial charge in [0.15, 0.2) is 11.5 Å². The summed E-state index contributed by atoms with van der Waals surface area (Å²) in [4.78, 5) is 12.8. The molecule has 1 amide bonds. The van der Waals surface area contributed by atoms with Crippen molar-refractivity contribution in [2.45, 2.75) is 13.0 Å². The van der Waals surface area contributed by atoms with Crippen LogP contribution in [-0.4, -0.2) is 31.4 Å². The van der Waals surface area contributed by atoms with Gasteiger partial charge in [0.2, 0.25) is 5.91 Å². The third kappa shape index (κ3) is 3.24. The maximum atomic E-state index is 12.8. The van der Waals surface area contributed by atoms with E-state index in [1.807, 2.05) is 36.4 Å². The van der Waals surface area contributed by atoms with E-state index in [1.54, 1.807) is 20.4 Å². The second-order valence-electron chi connectivity index (χ2n) is 6.42. The van der Waals surface area contributed by atoms with Crippen molar-refractivity contribution in [1.82, 2.24) is 5.01 Å². The number of benzene rings is 3. The van der Waals surface area contributed by atoms with Crippen LogP contribution in [0.1, 0.15) is 16.7 Å². The zero-order chi connectivity index (χ0) is 18.8. The summed E-state index contributed by atoms with van der Waals surface area (Å²) in [6.45, 7) is 0.430. The predicted octanol–water partition coefficient (Wildman–Crippen LogP) is 3.78. The first-order valence-corrected chi connectivity index (χ1v) is 8.75. The van der Waals surface area contributed by atoms with Gasteiger partial charge in [-0.3, -0.25) is 4.79 Å². The molecule has 5 nitrogen and oxygen atoms in total. The number of carbonyl (C=O) groups is 1. The minimum absolute atomic E-state index is 0.0508. The van der Waals surface area contributed by atoms with Crippen molar-refractivity contribution in [2.75, 3.05) is 14.2 Å². The van der Waals surface area contributed by atoms with E-state index in [-0.39, 0.29) is 12.3 Å². The summed E-state index contributed by atoms with van der Waals surface area (Å²) in [6, 6.07) is 18.0. The number of hydrazone groups is 1. The van der Waals surface area contributed by atoms with Crippen molar-refractivity contribution >= 4 is 22.9 Å². The van der Waals surface area contributed by atoms with E-state index >= 15 is 0 Å². The lowest BCUT2D eigenvalue weighted by atomic mass is 10.0. The molecule has 0 saturated heterocycles.